The van der Waals surface area contributed by atoms with E-state index in [1.165, 1.54) is 12.8 Å². The Morgan fingerprint density at radius 1 is 1.67 bits per heavy atom. The SMILES string of the molecule is CC[C@@H]1C[C@H]1C=C(Br)Br. The van der Waals surface area contributed by atoms with Crippen LogP contribution >= 0.6 is 31.9 Å². The van der Waals surface area contributed by atoms with Gasteiger partial charge in [0.25, 0.3) is 0 Å². The van der Waals surface area contributed by atoms with Crippen molar-refractivity contribution in [1.82, 2.24) is 0 Å². The molecule has 1 aliphatic carbocycles. The summed E-state index contributed by atoms with van der Waals surface area (Å²) in [5.41, 5.74) is 0. The van der Waals surface area contributed by atoms with Crippen molar-refractivity contribution >= 4 is 31.9 Å². The van der Waals surface area contributed by atoms with E-state index < -0.39 is 0 Å². The van der Waals surface area contributed by atoms with Crippen molar-refractivity contribution in [2.24, 2.45) is 11.8 Å². The maximum Gasteiger partial charge on any atom is 0.0567 e. The Balaban J connectivity index is 2.27. The normalized spacial score (nSPS) is 31.9. The maximum atomic E-state index is 3.35. The molecule has 0 spiro atoms. The van der Waals surface area contributed by atoms with Gasteiger partial charge in [-0.05, 0) is 50.1 Å². The van der Waals surface area contributed by atoms with Gasteiger partial charge in [-0.15, -0.1) is 0 Å². The third-order valence-corrected chi connectivity index (χ3v) is 2.37. The molecule has 52 valence electrons. The highest BCUT2D eigenvalue weighted by Crippen LogP contribution is 2.43. The quantitative estimate of drug-likeness (QED) is 0.705. The highest BCUT2D eigenvalue weighted by Gasteiger charge is 2.32. The van der Waals surface area contributed by atoms with E-state index in [-0.39, 0.29) is 0 Å². The van der Waals surface area contributed by atoms with Gasteiger partial charge in [0.2, 0.25) is 0 Å². The minimum atomic E-state index is 0.851. The zero-order chi connectivity index (χ0) is 6.85. The first-order chi connectivity index (χ1) is 4.24. The summed E-state index contributed by atoms with van der Waals surface area (Å²) in [5, 5.41) is 0. The molecule has 0 aromatic carbocycles. The van der Waals surface area contributed by atoms with Crippen LogP contribution in [0.15, 0.2) is 9.47 Å². The van der Waals surface area contributed by atoms with Crippen molar-refractivity contribution in [2.75, 3.05) is 0 Å². The molecule has 0 aromatic rings. The Kier molecular flexibility index (Phi) is 2.77. The van der Waals surface area contributed by atoms with Crippen LogP contribution in [0, 0.1) is 11.8 Å². The summed E-state index contributed by atoms with van der Waals surface area (Å²) in [6.45, 7) is 2.25. The topological polar surface area (TPSA) is 0 Å². The van der Waals surface area contributed by atoms with Crippen LogP contribution in [-0.4, -0.2) is 0 Å². The van der Waals surface area contributed by atoms with Crippen molar-refractivity contribution in [3.05, 3.63) is 9.47 Å². The van der Waals surface area contributed by atoms with Crippen LogP contribution in [0.3, 0.4) is 0 Å². The third-order valence-electron chi connectivity index (χ3n) is 1.84. The van der Waals surface area contributed by atoms with Crippen molar-refractivity contribution in [2.45, 2.75) is 19.8 Å². The number of hydrogen-bond donors (Lipinski definition) is 0. The minimum Gasteiger partial charge on any atom is -0.0651 e. The fourth-order valence-electron chi connectivity index (χ4n) is 1.11. The van der Waals surface area contributed by atoms with Crippen LogP contribution in [0.25, 0.3) is 0 Å². The Bertz CT molecular complexity index is 125. The molecule has 0 N–H and O–H groups in total. The first-order valence-corrected chi connectivity index (χ1v) is 4.85. The second-order valence-electron chi connectivity index (χ2n) is 2.52. The molecule has 0 bridgehead atoms. The summed E-state index contributed by atoms with van der Waals surface area (Å²) >= 11 is 6.70. The summed E-state index contributed by atoms with van der Waals surface area (Å²) in [5.74, 6) is 1.82. The average Bonchev–Trinajstić information content (AvgIpc) is 2.45. The highest BCUT2D eigenvalue weighted by atomic mass is 79.9. The second-order valence-corrected chi connectivity index (χ2v) is 5.30. The molecule has 9 heavy (non-hydrogen) atoms. The zero-order valence-corrected chi connectivity index (χ0v) is 8.57. The standard InChI is InChI=1S/C7H10Br2/c1-2-5-3-6(5)4-7(8)9/h4-6H,2-3H2,1H3/t5-,6+/m1/s1. The van der Waals surface area contributed by atoms with Gasteiger partial charge in [0.15, 0.2) is 0 Å². The van der Waals surface area contributed by atoms with Crippen molar-refractivity contribution in [1.29, 1.82) is 0 Å². The Labute approximate surface area is 73.0 Å². The third kappa shape index (κ3) is 2.42. The minimum absolute atomic E-state index is 0.851. The van der Waals surface area contributed by atoms with Crippen molar-refractivity contribution in [3.63, 3.8) is 0 Å². The molecule has 1 saturated carbocycles. The van der Waals surface area contributed by atoms with Gasteiger partial charge in [-0.3, -0.25) is 0 Å². The van der Waals surface area contributed by atoms with E-state index in [4.69, 9.17) is 0 Å². The largest absolute Gasteiger partial charge is 0.0651 e. The molecule has 1 rings (SSSR count). The molecule has 0 nitrogen and oxygen atoms in total. The van der Waals surface area contributed by atoms with E-state index in [1.54, 1.807) is 0 Å². The summed E-state index contributed by atoms with van der Waals surface area (Å²) in [6, 6.07) is 0. The van der Waals surface area contributed by atoms with E-state index in [1.807, 2.05) is 0 Å². The monoisotopic (exact) mass is 252 g/mol. The molecule has 0 aliphatic heterocycles. The summed E-state index contributed by atoms with van der Waals surface area (Å²) in [7, 11) is 0. The molecule has 2 heteroatoms. The summed E-state index contributed by atoms with van der Waals surface area (Å²) < 4.78 is 1.11. The maximum absolute atomic E-state index is 3.35. The number of allylic oxidation sites excluding steroid dienone is 1. The number of hydrogen-bond acceptors (Lipinski definition) is 0. The summed E-state index contributed by atoms with van der Waals surface area (Å²) in [6.07, 6.45) is 4.96. The molecular weight excluding hydrogens is 244 g/mol. The summed E-state index contributed by atoms with van der Waals surface area (Å²) in [4.78, 5) is 0. The highest BCUT2D eigenvalue weighted by molar-refractivity contribution is 9.28. The molecule has 1 fully saturated rings. The molecule has 0 saturated heterocycles. The average molecular weight is 254 g/mol. The first-order valence-electron chi connectivity index (χ1n) is 3.27. The molecular formula is C7H10Br2. The molecule has 0 unspecified atom stereocenters. The van der Waals surface area contributed by atoms with E-state index in [9.17, 15) is 0 Å². The smallest absolute Gasteiger partial charge is 0.0567 e. The Morgan fingerprint density at radius 2 is 2.33 bits per heavy atom. The predicted molar refractivity (Wildman–Crippen MR) is 47.8 cm³/mol. The lowest BCUT2D eigenvalue weighted by molar-refractivity contribution is 0.756. The lowest BCUT2D eigenvalue weighted by Crippen LogP contribution is -1.72. The van der Waals surface area contributed by atoms with Crippen LogP contribution in [0.4, 0.5) is 0 Å². The van der Waals surface area contributed by atoms with Gasteiger partial charge in [0, 0.05) is 0 Å². The van der Waals surface area contributed by atoms with Crippen molar-refractivity contribution < 1.29 is 0 Å². The van der Waals surface area contributed by atoms with Crippen LogP contribution in [-0.2, 0) is 0 Å². The second kappa shape index (κ2) is 3.20. The lowest BCUT2D eigenvalue weighted by Gasteiger charge is -1.85. The van der Waals surface area contributed by atoms with Gasteiger partial charge < -0.3 is 0 Å². The van der Waals surface area contributed by atoms with Gasteiger partial charge in [-0.1, -0.05) is 19.4 Å². The van der Waals surface area contributed by atoms with E-state index >= 15 is 0 Å². The van der Waals surface area contributed by atoms with Gasteiger partial charge in [-0.25, -0.2) is 0 Å². The van der Waals surface area contributed by atoms with E-state index in [0.717, 1.165) is 15.2 Å². The van der Waals surface area contributed by atoms with Crippen LogP contribution < -0.4 is 0 Å². The molecule has 2 atom stereocenters. The van der Waals surface area contributed by atoms with Crippen LogP contribution in [0.2, 0.25) is 0 Å². The van der Waals surface area contributed by atoms with Crippen LogP contribution in [0.5, 0.6) is 0 Å². The van der Waals surface area contributed by atoms with Gasteiger partial charge in [0.05, 0.1) is 3.39 Å². The molecule has 0 radical (unpaired) electrons. The zero-order valence-electron chi connectivity index (χ0n) is 5.40. The Morgan fingerprint density at radius 3 is 2.67 bits per heavy atom. The van der Waals surface area contributed by atoms with Gasteiger partial charge >= 0.3 is 0 Å². The molecule has 0 aromatic heterocycles. The first kappa shape index (κ1) is 7.80. The van der Waals surface area contributed by atoms with E-state index in [2.05, 4.69) is 44.9 Å². The number of rotatable bonds is 2. The molecule has 1 aliphatic rings. The fourth-order valence-corrected chi connectivity index (χ4v) is 1.79. The fraction of sp³-hybridized carbons (Fsp3) is 0.714. The molecule has 0 heterocycles. The predicted octanol–water partition coefficient (Wildman–Crippen LogP) is 3.66. The Hall–Kier alpha value is 0.700. The van der Waals surface area contributed by atoms with Gasteiger partial charge in [-0.2, -0.15) is 0 Å². The van der Waals surface area contributed by atoms with Gasteiger partial charge in [0.1, 0.15) is 0 Å². The van der Waals surface area contributed by atoms with E-state index in [0.29, 0.717) is 0 Å². The van der Waals surface area contributed by atoms with Crippen LogP contribution in [0.1, 0.15) is 19.8 Å². The molecule has 0 amide bonds. The number of halogens is 2. The lowest BCUT2D eigenvalue weighted by atomic mass is 10.2. The van der Waals surface area contributed by atoms with Crippen molar-refractivity contribution in [3.8, 4) is 0 Å².